The average molecular weight is 255 g/mol. The molecule has 0 aliphatic heterocycles. The summed E-state index contributed by atoms with van der Waals surface area (Å²) < 4.78 is 0. The largest absolute Gasteiger partial charge is 0.354 e. The summed E-state index contributed by atoms with van der Waals surface area (Å²) in [6.07, 6.45) is 0.765. The molecule has 0 bridgehead atoms. The van der Waals surface area contributed by atoms with Crippen molar-refractivity contribution >= 4 is 17.2 Å². The number of nitrogens with one attached hydrogen (secondary N) is 1. The Kier molecular flexibility index (Phi) is 4.65. The molecule has 0 saturated heterocycles. The van der Waals surface area contributed by atoms with Crippen LogP contribution in [0.25, 0.3) is 0 Å². The van der Waals surface area contributed by atoms with Crippen molar-refractivity contribution in [2.75, 3.05) is 6.54 Å². The van der Waals surface area contributed by atoms with Crippen molar-refractivity contribution < 1.29 is 4.79 Å². The van der Waals surface area contributed by atoms with E-state index < -0.39 is 6.04 Å². The van der Waals surface area contributed by atoms with Gasteiger partial charge in [-0.1, -0.05) is 20.8 Å². The van der Waals surface area contributed by atoms with Crippen LogP contribution in [0.2, 0.25) is 0 Å². The van der Waals surface area contributed by atoms with Crippen molar-refractivity contribution in [1.29, 1.82) is 0 Å². The molecule has 5 heteroatoms. The second-order valence-electron chi connectivity index (χ2n) is 5.27. The molecular formula is C12H21N3OS. The minimum Gasteiger partial charge on any atom is -0.354 e. The van der Waals surface area contributed by atoms with E-state index in [-0.39, 0.29) is 11.3 Å². The molecule has 0 aliphatic rings. The third-order valence-electron chi connectivity index (χ3n) is 2.52. The topological polar surface area (TPSA) is 68.0 Å². The number of nitrogens with two attached hydrogens (primary N) is 1. The lowest BCUT2D eigenvalue weighted by molar-refractivity contribution is -0.124. The molecule has 0 fully saturated rings. The number of carbonyl (C=O) groups excluding carboxylic acids is 1. The van der Waals surface area contributed by atoms with Crippen LogP contribution in [0.1, 0.15) is 31.5 Å². The van der Waals surface area contributed by atoms with Gasteiger partial charge < -0.3 is 11.1 Å². The number of amides is 1. The maximum atomic E-state index is 11.7. The first-order chi connectivity index (χ1) is 7.80. The van der Waals surface area contributed by atoms with Crippen molar-refractivity contribution in [3.63, 3.8) is 0 Å². The Labute approximate surface area is 107 Å². The normalized spacial score (nSPS) is 13.5. The van der Waals surface area contributed by atoms with E-state index in [1.54, 1.807) is 11.3 Å². The molecule has 3 N–H and O–H groups in total. The summed E-state index contributed by atoms with van der Waals surface area (Å²) in [5, 5.41) is 5.91. The molecule has 0 spiro atoms. The maximum absolute atomic E-state index is 11.7. The van der Waals surface area contributed by atoms with Gasteiger partial charge in [0.25, 0.3) is 0 Å². The molecule has 96 valence electrons. The predicted octanol–water partition coefficient (Wildman–Crippen LogP) is 1.48. The van der Waals surface area contributed by atoms with Gasteiger partial charge in [0.15, 0.2) is 0 Å². The summed E-state index contributed by atoms with van der Waals surface area (Å²) in [6.45, 7) is 8.44. The van der Waals surface area contributed by atoms with Crippen LogP contribution < -0.4 is 11.1 Å². The molecule has 0 saturated carbocycles. The Bertz CT molecular complexity index is 381. The van der Waals surface area contributed by atoms with Gasteiger partial charge in [-0.15, -0.1) is 11.3 Å². The van der Waals surface area contributed by atoms with Crippen LogP contribution in [0.15, 0.2) is 5.38 Å². The molecule has 17 heavy (non-hydrogen) atoms. The molecule has 1 amide bonds. The highest BCUT2D eigenvalue weighted by atomic mass is 32.1. The van der Waals surface area contributed by atoms with Gasteiger partial charge in [0.05, 0.1) is 11.0 Å². The van der Waals surface area contributed by atoms with E-state index in [1.807, 2.05) is 33.1 Å². The summed E-state index contributed by atoms with van der Waals surface area (Å²) in [5.41, 5.74) is 6.68. The standard InChI is InChI=1S/C12H21N3OS/c1-8-7-17-9(15-8)5-6-14-11(16)10(13)12(2,3)4/h7,10H,5-6,13H2,1-4H3,(H,14,16)/t10-/m0/s1. The van der Waals surface area contributed by atoms with Crippen LogP contribution in [0.3, 0.4) is 0 Å². The fraction of sp³-hybridized carbons (Fsp3) is 0.667. The molecule has 4 nitrogen and oxygen atoms in total. The lowest BCUT2D eigenvalue weighted by Crippen LogP contribution is -2.48. The number of hydrogen-bond donors (Lipinski definition) is 2. The first-order valence-corrected chi connectivity index (χ1v) is 6.63. The van der Waals surface area contributed by atoms with Crippen molar-refractivity contribution in [3.05, 3.63) is 16.1 Å². The molecule has 0 unspecified atom stereocenters. The smallest absolute Gasteiger partial charge is 0.237 e. The maximum Gasteiger partial charge on any atom is 0.237 e. The third kappa shape index (κ3) is 4.44. The molecule has 1 aromatic rings. The highest BCUT2D eigenvalue weighted by Gasteiger charge is 2.26. The SMILES string of the molecule is Cc1csc(CCNC(=O)[C@H](N)C(C)(C)C)n1. The molecule has 1 heterocycles. The zero-order chi connectivity index (χ0) is 13.1. The minimum absolute atomic E-state index is 0.0919. The fourth-order valence-electron chi connectivity index (χ4n) is 1.31. The second-order valence-corrected chi connectivity index (χ2v) is 6.21. The zero-order valence-electron chi connectivity index (χ0n) is 10.9. The summed E-state index contributed by atoms with van der Waals surface area (Å²) in [7, 11) is 0. The van der Waals surface area contributed by atoms with Gasteiger partial charge >= 0.3 is 0 Å². The van der Waals surface area contributed by atoms with E-state index in [1.165, 1.54) is 0 Å². The number of rotatable bonds is 4. The van der Waals surface area contributed by atoms with Crippen LogP contribution in [0.5, 0.6) is 0 Å². The summed E-state index contributed by atoms with van der Waals surface area (Å²) in [6, 6.07) is -0.472. The number of hydrogen-bond acceptors (Lipinski definition) is 4. The number of carbonyl (C=O) groups is 1. The Morgan fingerprint density at radius 1 is 1.59 bits per heavy atom. The van der Waals surface area contributed by atoms with Crippen LogP contribution in [-0.4, -0.2) is 23.5 Å². The molecule has 0 radical (unpaired) electrons. The number of aromatic nitrogens is 1. The Balaban J connectivity index is 2.34. The fourth-order valence-corrected chi connectivity index (χ4v) is 2.09. The Hall–Kier alpha value is -0.940. The van der Waals surface area contributed by atoms with Crippen molar-refractivity contribution in [2.24, 2.45) is 11.1 Å². The van der Waals surface area contributed by atoms with Gasteiger partial charge in [-0.3, -0.25) is 4.79 Å². The quantitative estimate of drug-likeness (QED) is 0.856. The number of nitrogens with zero attached hydrogens (tertiary/aromatic N) is 1. The van der Waals surface area contributed by atoms with Crippen molar-refractivity contribution in [1.82, 2.24) is 10.3 Å². The lowest BCUT2D eigenvalue weighted by atomic mass is 9.87. The van der Waals surface area contributed by atoms with Crippen LogP contribution >= 0.6 is 11.3 Å². The molecule has 0 aliphatic carbocycles. The molecule has 1 aromatic heterocycles. The van der Waals surface area contributed by atoms with Crippen LogP contribution in [0, 0.1) is 12.3 Å². The third-order valence-corrected chi connectivity index (χ3v) is 3.55. The van der Waals surface area contributed by atoms with Crippen LogP contribution in [-0.2, 0) is 11.2 Å². The highest BCUT2D eigenvalue weighted by Crippen LogP contribution is 2.17. The first kappa shape index (κ1) is 14.1. The number of aryl methyl sites for hydroxylation is 1. The van der Waals surface area contributed by atoms with E-state index in [4.69, 9.17) is 5.73 Å². The van der Waals surface area contributed by atoms with E-state index in [0.717, 1.165) is 17.1 Å². The predicted molar refractivity (Wildman–Crippen MR) is 71.0 cm³/mol. The van der Waals surface area contributed by atoms with E-state index >= 15 is 0 Å². The molecule has 1 atom stereocenters. The van der Waals surface area contributed by atoms with E-state index in [2.05, 4.69) is 10.3 Å². The summed E-state index contributed by atoms with van der Waals surface area (Å²) in [5.74, 6) is -0.0919. The van der Waals surface area contributed by atoms with E-state index in [0.29, 0.717) is 6.54 Å². The van der Waals surface area contributed by atoms with Gasteiger partial charge in [-0.2, -0.15) is 0 Å². The Morgan fingerprint density at radius 3 is 2.71 bits per heavy atom. The second kappa shape index (κ2) is 5.60. The highest BCUT2D eigenvalue weighted by molar-refractivity contribution is 7.09. The Morgan fingerprint density at radius 2 is 2.24 bits per heavy atom. The summed E-state index contributed by atoms with van der Waals surface area (Å²) >= 11 is 1.62. The minimum atomic E-state index is -0.472. The number of thiazole rings is 1. The van der Waals surface area contributed by atoms with Crippen molar-refractivity contribution in [2.45, 2.75) is 40.2 Å². The molecular weight excluding hydrogens is 234 g/mol. The van der Waals surface area contributed by atoms with Crippen molar-refractivity contribution in [3.8, 4) is 0 Å². The molecule has 1 rings (SSSR count). The first-order valence-electron chi connectivity index (χ1n) is 5.75. The van der Waals surface area contributed by atoms with Gasteiger partial charge in [-0.05, 0) is 12.3 Å². The molecule has 0 aromatic carbocycles. The van der Waals surface area contributed by atoms with Gasteiger partial charge in [0, 0.05) is 24.0 Å². The van der Waals surface area contributed by atoms with Crippen LogP contribution in [0.4, 0.5) is 0 Å². The van der Waals surface area contributed by atoms with Gasteiger partial charge in [0.1, 0.15) is 0 Å². The lowest BCUT2D eigenvalue weighted by Gasteiger charge is -2.25. The monoisotopic (exact) mass is 255 g/mol. The van der Waals surface area contributed by atoms with E-state index in [9.17, 15) is 4.79 Å². The average Bonchev–Trinajstić information content (AvgIpc) is 2.61. The summed E-state index contributed by atoms with van der Waals surface area (Å²) in [4.78, 5) is 16.1. The zero-order valence-corrected chi connectivity index (χ0v) is 11.7. The van der Waals surface area contributed by atoms with Gasteiger partial charge in [0.2, 0.25) is 5.91 Å². The van der Waals surface area contributed by atoms with Gasteiger partial charge in [-0.25, -0.2) is 4.98 Å².